The van der Waals surface area contributed by atoms with Crippen molar-refractivity contribution in [2.24, 2.45) is 0 Å². The highest BCUT2D eigenvalue weighted by atomic mass is 32.2. The zero-order valence-corrected chi connectivity index (χ0v) is 14.7. The molecule has 0 aromatic heterocycles. The standard InChI is InChI=1S/C19H20FNO3S/c1-2-25-12-13-3-5-15(6-4-13)18(22)21-11-17(19(23)24)14-7-9-16(20)10-8-14/h3-10,17H,2,11-12H2,1H3,(H,21,22)(H,23,24). The molecule has 4 nitrogen and oxygen atoms in total. The molecule has 0 saturated carbocycles. The minimum atomic E-state index is -1.07. The first-order valence-electron chi connectivity index (χ1n) is 7.94. The fourth-order valence-corrected chi connectivity index (χ4v) is 2.94. The number of amides is 1. The van der Waals surface area contributed by atoms with Crippen molar-refractivity contribution in [3.63, 3.8) is 0 Å². The molecule has 0 fully saturated rings. The molecule has 132 valence electrons. The number of rotatable bonds is 8. The Morgan fingerprint density at radius 2 is 1.76 bits per heavy atom. The van der Waals surface area contributed by atoms with Crippen LogP contribution in [-0.4, -0.2) is 29.3 Å². The van der Waals surface area contributed by atoms with Gasteiger partial charge in [-0.25, -0.2) is 4.39 Å². The van der Waals surface area contributed by atoms with Gasteiger partial charge in [0.1, 0.15) is 5.82 Å². The summed E-state index contributed by atoms with van der Waals surface area (Å²) < 4.78 is 13.0. The van der Waals surface area contributed by atoms with Crippen LogP contribution >= 0.6 is 11.8 Å². The number of nitrogens with one attached hydrogen (secondary N) is 1. The molecule has 0 spiro atoms. The van der Waals surface area contributed by atoms with Gasteiger partial charge in [0.15, 0.2) is 0 Å². The van der Waals surface area contributed by atoms with E-state index in [2.05, 4.69) is 12.2 Å². The molecule has 0 saturated heterocycles. The van der Waals surface area contributed by atoms with E-state index in [9.17, 15) is 19.1 Å². The molecule has 0 aliphatic carbocycles. The molecule has 0 bridgehead atoms. The molecule has 2 N–H and O–H groups in total. The van der Waals surface area contributed by atoms with E-state index in [4.69, 9.17) is 0 Å². The molecule has 1 unspecified atom stereocenters. The number of carboxylic acids is 1. The van der Waals surface area contributed by atoms with E-state index in [0.29, 0.717) is 11.1 Å². The van der Waals surface area contributed by atoms with Crippen molar-refractivity contribution >= 4 is 23.6 Å². The van der Waals surface area contributed by atoms with Gasteiger partial charge in [0.25, 0.3) is 5.91 Å². The quantitative estimate of drug-likeness (QED) is 0.753. The number of hydrogen-bond acceptors (Lipinski definition) is 3. The van der Waals surface area contributed by atoms with Crippen LogP contribution in [0.1, 0.15) is 34.3 Å². The molecular weight excluding hydrogens is 341 g/mol. The molecule has 2 aromatic rings. The van der Waals surface area contributed by atoms with Crippen molar-refractivity contribution < 1.29 is 19.1 Å². The van der Waals surface area contributed by atoms with Crippen LogP contribution in [0.15, 0.2) is 48.5 Å². The summed E-state index contributed by atoms with van der Waals surface area (Å²) in [6.45, 7) is 2.03. The Bertz CT molecular complexity index is 716. The van der Waals surface area contributed by atoms with E-state index in [-0.39, 0.29) is 12.5 Å². The summed E-state index contributed by atoms with van der Waals surface area (Å²) in [6, 6.07) is 12.5. The number of halogens is 1. The summed E-state index contributed by atoms with van der Waals surface area (Å²) in [6.07, 6.45) is 0. The van der Waals surface area contributed by atoms with E-state index in [0.717, 1.165) is 17.1 Å². The molecule has 0 heterocycles. The average Bonchev–Trinajstić information content (AvgIpc) is 2.61. The topological polar surface area (TPSA) is 66.4 Å². The smallest absolute Gasteiger partial charge is 0.312 e. The minimum absolute atomic E-state index is 0.0623. The lowest BCUT2D eigenvalue weighted by Crippen LogP contribution is -2.31. The molecule has 1 amide bonds. The van der Waals surface area contributed by atoms with Gasteiger partial charge in [-0.15, -0.1) is 0 Å². The molecule has 0 radical (unpaired) electrons. The highest BCUT2D eigenvalue weighted by molar-refractivity contribution is 7.98. The molecule has 25 heavy (non-hydrogen) atoms. The van der Waals surface area contributed by atoms with E-state index in [1.165, 1.54) is 24.3 Å². The van der Waals surface area contributed by atoms with Gasteiger partial charge in [-0.3, -0.25) is 9.59 Å². The van der Waals surface area contributed by atoms with Crippen molar-refractivity contribution in [3.8, 4) is 0 Å². The number of hydrogen-bond donors (Lipinski definition) is 2. The van der Waals surface area contributed by atoms with Gasteiger partial charge in [-0.05, 0) is 41.1 Å². The summed E-state index contributed by atoms with van der Waals surface area (Å²) in [5, 5.41) is 12.0. The third kappa shape index (κ3) is 5.60. The summed E-state index contributed by atoms with van der Waals surface area (Å²) in [7, 11) is 0. The van der Waals surface area contributed by atoms with Crippen LogP contribution in [-0.2, 0) is 10.5 Å². The number of carbonyl (C=O) groups excluding carboxylic acids is 1. The lowest BCUT2D eigenvalue weighted by Gasteiger charge is -2.14. The first-order valence-corrected chi connectivity index (χ1v) is 9.10. The Morgan fingerprint density at radius 3 is 2.32 bits per heavy atom. The molecule has 0 aliphatic heterocycles. The summed E-state index contributed by atoms with van der Waals surface area (Å²) >= 11 is 1.80. The summed E-state index contributed by atoms with van der Waals surface area (Å²) in [5.41, 5.74) is 2.06. The van der Waals surface area contributed by atoms with Gasteiger partial charge in [-0.1, -0.05) is 31.2 Å². The number of carbonyl (C=O) groups is 2. The maximum absolute atomic E-state index is 13.0. The average molecular weight is 361 g/mol. The van der Waals surface area contributed by atoms with Crippen LogP contribution in [0.3, 0.4) is 0 Å². The first-order chi connectivity index (χ1) is 12.0. The number of carboxylic acid groups (broad SMARTS) is 1. The number of benzene rings is 2. The Labute approximate surface area is 150 Å². The SMILES string of the molecule is CCSCc1ccc(C(=O)NCC(C(=O)O)c2ccc(F)cc2)cc1. The van der Waals surface area contributed by atoms with Crippen molar-refractivity contribution in [1.29, 1.82) is 0 Å². The highest BCUT2D eigenvalue weighted by Gasteiger charge is 2.21. The zero-order valence-electron chi connectivity index (χ0n) is 13.9. The normalized spacial score (nSPS) is 11.8. The first kappa shape index (κ1) is 19.0. The van der Waals surface area contributed by atoms with Gasteiger partial charge in [0.2, 0.25) is 0 Å². The predicted octanol–water partition coefficient (Wildman–Crippen LogP) is 3.68. The van der Waals surface area contributed by atoms with Crippen molar-refractivity contribution in [2.45, 2.75) is 18.6 Å². The van der Waals surface area contributed by atoms with Gasteiger partial charge in [0.05, 0.1) is 5.92 Å². The second-order valence-electron chi connectivity index (χ2n) is 5.49. The molecule has 1 atom stereocenters. The number of aliphatic carboxylic acids is 1. The molecule has 6 heteroatoms. The lowest BCUT2D eigenvalue weighted by molar-refractivity contribution is -0.138. The third-order valence-corrected chi connectivity index (χ3v) is 4.67. The van der Waals surface area contributed by atoms with Gasteiger partial charge in [0, 0.05) is 17.9 Å². The van der Waals surface area contributed by atoms with E-state index >= 15 is 0 Å². The Hall–Kier alpha value is -2.34. The van der Waals surface area contributed by atoms with Gasteiger partial charge >= 0.3 is 5.97 Å². The second kappa shape index (κ2) is 9.22. The second-order valence-corrected chi connectivity index (χ2v) is 6.76. The maximum atomic E-state index is 13.0. The minimum Gasteiger partial charge on any atom is -0.481 e. The number of thioether (sulfide) groups is 1. The van der Waals surface area contributed by atoms with E-state index in [1.54, 1.807) is 23.9 Å². The molecule has 2 rings (SSSR count). The van der Waals surface area contributed by atoms with Crippen LogP contribution < -0.4 is 5.32 Å². The fraction of sp³-hybridized carbons (Fsp3) is 0.263. The molecular formula is C19H20FNO3S. The molecule has 0 aliphatic rings. The zero-order chi connectivity index (χ0) is 18.2. The monoisotopic (exact) mass is 361 g/mol. The van der Waals surface area contributed by atoms with Crippen LogP contribution in [0.25, 0.3) is 0 Å². The van der Waals surface area contributed by atoms with E-state index in [1.807, 2.05) is 12.1 Å². The van der Waals surface area contributed by atoms with Crippen LogP contribution in [0.4, 0.5) is 4.39 Å². The van der Waals surface area contributed by atoms with Crippen molar-refractivity contribution in [3.05, 3.63) is 71.0 Å². The van der Waals surface area contributed by atoms with Crippen LogP contribution in [0.5, 0.6) is 0 Å². The molecule has 2 aromatic carbocycles. The van der Waals surface area contributed by atoms with Gasteiger partial charge < -0.3 is 10.4 Å². The van der Waals surface area contributed by atoms with Gasteiger partial charge in [-0.2, -0.15) is 11.8 Å². The Balaban J connectivity index is 1.98. The lowest BCUT2D eigenvalue weighted by atomic mass is 9.99. The fourth-order valence-electron chi connectivity index (χ4n) is 2.31. The highest BCUT2D eigenvalue weighted by Crippen LogP contribution is 2.17. The Morgan fingerprint density at radius 1 is 1.12 bits per heavy atom. The maximum Gasteiger partial charge on any atom is 0.312 e. The summed E-state index contributed by atoms with van der Waals surface area (Å²) in [5.74, 6) is -0.836. The largest absolute Gasteiger partial charge is 0.481 e. The van der Waals surface area contributed by atoms with E-state index < -0.39 is 17.7 Å². The Kier molecular flexibility index (Phi) is 7.01. The summed E-state index contributed by atoms with van der Waals surface area (Å²) in [4.78, 5) is 23.6. The predicted molar refractivity (Wildman–Crippen MR) is 97.4 cm³/mol. The van der Waals surface area contributed by atoms with Crippen molar-refractivity contribution in [1.82, 2.24) is 5.32 Å². The van der Waals surface area contributed by atoms with Crippen molar-refractivity contribution in [2.75, 3.05) is 12.3 Å². The third-order valence-electron chi connectivity index (χ3n) is 3.73. The van der Waals surface area contributed by atoms with Crippen LogP contribution in [0.2, 0.25) is 0 Å². The van der Waals surface area contributed by atoms with Crippen LogP contribution in [0, 0.1) is 5.82 Å².